The van der Waals surface area contributed by atoms with E-state index in [0.29, 0.717) is 5.69 Å². The molecule has 0 saturated heterocycles. The summed E-state index contributed by atoms with van der Waals surface area (Å²) in [6.45, 7) is 0. The summed E-state index contributed by atoms with van der Waals surface area (Å²) in [6.07, 6.45) is -2.91. The maximum absolute atomic E-state index is 13.4. The van der Waals surface area contributed by atoms with Crippen LogP contribution in [-0.2, 0) is 12.6 Å². The minimum Gasteiger partial charge on any atom is -0.261 e. The van der Waals surface area contributed by atoms with Crippen molar-refractivity contribution in [2.75, 3.05) is 0 Å². The largest absolute Gasteiger partial charge is 0.416 e. The van der Waals surface area contributed by atoms with Crippen molar-refractivity contribution in [2.24, 2.45) is 0 Å². The predicted octanol–water partition coefficient (Wildman–Crippen LogP) is 3.83. The van der Waals surface area contributed by atoms with Gasteiger partial charge in [-0.05, 0) is 35.9 Å². The van der Waals surface area contributed by atoms with Gasteiger partial charge in [-0.15, -0.1) is 0 Å². The van der Waals surface area contributed by atoms with Crippen LogP contribution in [0.15, 0.2) is 42.6 Å². The molecular weight excluding hydrogens is 246 g/mol. The van der Waals surface area contributed by atoms with E-state index in [2.05, 4.69) is 4.98 Å². The van der Waals surface area contributed by atoms with E-state index in [0.717, 1.165) is 18.2 Å². The molecular formula is C13H9F4N. The van der Waals surface area contributed by atoms with Crippen LogP contribution in [0.5, 0.6) is 0 Å². The molecule has 2 rings (SSSR count). The van der Waals surface area contributed by atoms with Gasteiger partial charge in [0.1, 0.15) is 5.82 Å². The molecule has 1 nitrogen and oxygen atoms in total. The number of pyridine rings is 1. The molecule has 0 aliphatic rings. The third kappa shape index (κ3) is 2.85. The second-order valence-corrected chi connectivity index (χ2v) is 3.80. The lowest BCUT2D eigenvalue weighted by atomic mass is 10.0. The molecule has 1 aromatic carbocycles. The summed E-state index contributed by atoms with van der Waals surface area (Å²) in [5.41, 5.74) is -0.339. The average Bonchev–Trinajstić information content (AvgIpc) is 2.32. The Morgan fingerprint density at radius 2 is 1.83 bits per heavy atom. The zero-order valence-electron chi connectivity index (χ0n) is 9.21. The fraction of sp³-hybridized carbons (Fsp3) is 0.154. The first kappa shape index (κ1) is 12.5. The van der Waals surface area contributed by atoms with Crippen molar-refractivity contribution in [3.05, 3.63) is 65.2 Å². The van der Waals surface area contributed by atoms with E-state index < -0.39 is 17.6 Å². The van der Waals surface area contributed by atoms with Crippen LogP contribution in [0.2, 0.25) is 0 Å². The van der Waals surface area contributed by atoms with Gasteiger partial charge in [-0.2, -0.15) is 13.2 Å². The lowest BCUT2D eigenvalue weighted by molar-refractivity contribution is -0.137. The van der Waals surface area contributed by atoms with Crippen molar-refractivity contribution in [3.8, 4) is 0 Å². The molecule has 0 fully saturated rings. The maximum Gasteiger partial charge on any atom is 0.416 e. The Bertz CT molecular complexity index is 534. The highest BCUT2D eigenvalue weighted by molar-refractivity contribution is 5.30. The lowest BCUT2D eigenvalue weighted by Gasteiger charge is -2.09. The molecule has 0 N–H and O–H groups in total. The number of alkyl halides is 3. The highest BCUT2D eigenvalue weighted by atomic mass is 19.4. The molecule has 1 heterocycles. The van der Waals surface area contributed by atoms with Crippen LogP contribution in [0.3, 0.4) is 0 Å². The molecule has 0 amide bonds. The molecule has 0 saturated carbocycles. The molecule has 94 valence electrons. The van der Waals surface area contributed by atoms with Crippen LogP contribution >= 0.6 is 0 Å². The van der Waals surface area contributed by atoms with Crippen molar-refractivity contribution in [2.45, 2.75) is 12.6 Å². The molecule has 2 aromatic rings. The van der Waals surface area contributed by atoms with Gasteiger partial charge in [0.15, 0.2) is 0 Å². The Morgan fingerprint density at radius 3 is 2.44 bits per heavy atom. The predicted molar refractivity (Wildman–Crippen MR) is 58.4 cm³/mol. The van der Waals surface area contributed by atoms with Crippen molar-refractivity contribution in [1.29, 1.82) is 0 Å². The Balaban J connectivity index is 2.33. The van der Waals surface area contributed by atoms with Crippen molar-refractivity contribution in [1.82, 2.24) is 4.98 Å². The summed E-state index contributed by atoms with van der Waals surface area (Å²) in [7, 11) is 0. The zero-order valence-corrected chi connectivity index (χ0v) is 9.21. The minimum absolute atomic E-state index is 0.0106. The fourth-order valence-corrected chi connectivity index (χ4v) is 1.58. The van der Waals surface area contributed by atoms with Gasteiger partial charge in [0.2, 0.25) is 0 Å². The van der Waals surface area contributed by atoms with E-state index in [-0.39, 0.29) is 12.0 Å². The highest BCUT2D eigenvalue weighted by Crippen LogP contribution is 2.30. The molecule has 0 aliphatic carbocycles. The monoisotopic (exact) mass is 255 g/mol. The molecule has 0 aliphatic heterocycles. The number of hydrogen-bond donors (Lipinski definition) is 0. The van der Waals surface area contributed by atoms with Crippen molar-refractivity contribution < 1.29 is 17.6 Å². The number of halogens is 4. The Labute approximate surface area is 101 Å². The summed E-state index contributed by atoms with van der Waals surface area (Å²) in [4.78, 5) is 3.96. The molecule has 5 heteroatoms. The first-order valence-corrected chi connectivity index (χ1v) is 5.22. The molecule has 0 unspecified atom stereocenters. The Kier molecular flexibility index (Phi) is 3.32. The molecule has 0 bridgehead atoms. The normalized spacial score (nSPS) is 11.6. The molecule has 0 spiro atoms. The Morgan fingerprint density at radius 1 is 1.06 bits per heavy atom. The molecule has 18 heavy (non-hydrogen) atoms. The van der Waals surface area contributed by atoms with Gasteiger partial charge >= 0.3 is 6.18 Å². The van der Waals surface area contributed by atoms with Crippen LogP contribution < -0.4 is 0 Å². The number of benzene rings is 1. The maximum atomic E-state index is 13.4. The summed E-state index contributed by atoms with van der Waals surface area (Å²) in [6, 6.07) is 7.42. The number of rotatable bonds is 2. The first-order chi connectivity index (χ1) is 8.47. The molecule has 1 aromatic heterocycles. The number of aromatic nitrogens is 1. The van der Waals surface area contributed by atoms with Gasteiger partial charge < -0.3 is 0 Å². The SMILES string of the molecule is Fc1ccc(C(F)(F)F)cc1Cc1ccccn1. The van der Waals surface area contributed by atoms with E-state index >= 15 is 0 Å². The van der Waals surface area contributed by atoms with Crippen LogP contribution in [0.25, 0.3) is 0 Å². The topological polar surface area (TPSA) is 12.9 Å². The summed E-state index contributed by atoms with van der Waals surface area (Å²) >= 11 is 0. The lowest BCUT2D eigenvalue weighted by Crippen LogP contribution is -2.07. The van der Waals surface area contributed by atoms with Gasteiger partial charge in [-0.25, -0.2) is 4.39 Å². The number of hydrogen-bond acceptors (Lipinski definition) is 1. The standard InChI is InChI=1S/C13H9F4N/c14-12-5-4-10(13(15,16)17)7-9(12)8-11-3-1-2-6-18-11/h1-7H,8H2. The van der Waals surface area contributed by atoms with Crippen LogP contribution in [0, 0.1) is 5.82 Å². The van der Waals surface area contributed by atoms with Gasteiger partial charge in [0, 0.05) is 18.3 Å². The third-order valence-corrected chi connectivity index (χ3v) is 2.47. The summed E-state index contributed by atoms with van der Waals surface area (Å²) in [5.74, 6) is -0.659. The van der Waals surface area contributed by atoms with E-state index in [4.69, 9.17) is 0 Å². The van der Waals surface area contributed by atoms with Crippen molar-refractivity contribution in [3.63, 3.8) is 0 Å². The average molecular weight is 255 g/mol. The van der Waals surface area contributed by atoms with E-state index in [9.17, 15) is 17.6 Å². The van der Waals surface area contributed by atoms with Gasteiger partial charge in [-0.1, -0.05) is 6.07 Å². The van der Waals surface area contributed by atoms with Crippen LogP contribution in [0.1, 0.15) is 16.8 Å². The van der Waals surface area contributed by atoms with Gasteiger partial charge in [0.25, 0.3) is 0 Å². The van der Waals surface area contributed by atoms with E-state index in [1.807, 2.05) is 0 Å². The summed E-state index contributed by atoms with van der Waals surface area (Å²) < 4.78 is 50.9. The zero-order chi connectivity index (χ0) is 13.2. The highest BCUT2D eigenvalue weighted by Gasteiger charge is 2.31. The van der Waals surface area contributed by atoms with E-state index in [1.54, 1.807) is 18.2 Å². The first-order valence-electron chi connectivity index (χ1n) is 5.22. The quantitative estimate of drug-likeness (QED) is 0.743. The van der Waals surface area contributed by atoms with Gasteiger partial charge in [-0.3, -0.25) is 4.98 Å². The fourth-order valence-electron chi connectivity index (χ4n) is 1.58. The van der Waals surface area contributed by atoms with Gasteiger partial charge in [0.05, 0.1) is 5.56 Å². The second-order valence-electron chi connectivity index (χ2n) is 3.80. The number of nitrogens with zero attached hydrogens (tertiary/aromatic N) is 1. The van der Waals surface area contributed by atoms with E-state index in [1.165, 1.54) is 6.20 Å². The molecule has 0 atom stereocenters. The smallest absolute Gasteiger partial charge is 0.261 e. The van der Waals surface area contributed by atoms with Crippen LogP contribution in [-0.4, -0.2) is 4.98 Å². The second kappa shape index (κ2) is 4.76. The Hall–Kier alpha value is -1.91. The van der Waals surface area contributed by atoms with Crippen molar-refractivity contribution >= 4 is 0 Å². The third-order valence-electron chi connectivity index (χ3n) is 2.47. The van der Waals surface area contributed by atoms with Crippen LogP contribution in [0.4, 0.5) is 17.6 Å². The minimum atomic E-state index is -4.47. The molecule has 0 radical (unpaired) electrons. The summed E-state index contributed by atoms with van der Waals surface area (Å²) in [5, 5.41) is 0.